The molecule has 3 rings (SSSR count). The molecule has 0 bridgehead atoms. The van der Waals surface area contributed by atoms with Gasteiger partial charge < -0.3 is 19.3 Å². The van der Waals surface area contributed by atoms with Crippen molar-refractivity contribution in [3.8, 4) is 5.75 Å². The van der Waals surface area contributed by atoms with E-state index >= 15 is 0 Å². The minimum Gasteiger partial charge on any atom is -0.497 e. The number of carbonyl (C=O) groups is 3. The van der Waals surface area contributed by atoms with Gasteiger partial charge in [-0.2, -0.15) is 0 Å². The molecule has 7 heteroatoms. The van der Waals surface area contributed by atoms with Crippen LogP contribution in [0, 0.1) is 0 Å². The van der Waals surface area contributed by atoms with Crippen molar-refractivity contribution in [1.29, 1.82) is 0 Å². The van der Waals surface area contributed by atoms with E-state index in [1.54, 1.807) is 16.9 Å². The number of ether oxygens (including phenoxy) is 2. The smallest absolute Gasteiger partial charge is 0.328 e. The summed E-state index contributed by atoms with van der Waals surface area (Å²) in [6, 6.07) is 6.63. The summed E-state index contributed by atoms with van der Waals surface area (Å²) < 4.78 is 10.1. The van der Waals surface area contributed by atoms with Crippen LogP contribution >= 0.6 is 0 Å². The van der Waals surface area contributed by atoms with E-state index in [4.69, 9.17) is 9.47 Å². The number of hydrogen-bond acceptors (Lipinski definition) is 5. The first-order chi connectivity index (χ1) is 13.0. The monoisotopic (exact) mass is 372 g/mol. The number of carbonyl (C=O) groups excluding carboxylic acids is 3. The normalized spacial score (nSPS) is 18.8. The van der Waals surface area contributed by atoms with Gasteiger partial charge in [0.1, 0.15) is 17.3 Å². The second-order valence-electron chi connectivity index (χ2n) is 6.82. The SMILES string of the molecule is C=CC(=O)N1CCN([C@@H](Cc2ccc(OC)cc2)C(=O)OC)C(=O)C12CC2. The number of rotatable bonds is 6. The van der Waals surface area contributed by atoms with E-state index < -0.39 is 17.6 Å². The molecule has 1 aromatic rings. The Kier molecular flexibility index (Phi) is 5.21. The average molecular weight is 372 g/mol. The topological polar surface area (TPSA) is 76.2 Å². The molecule has 0 N–H and O–H groups in total. The number of nitrogens with zero attached hydrogens (tertiary/aromatic N) is 2. The molecule has 1 saturated carbocycles. The number of hydrogen-bond donors (Lipinski definition) is 0. The Labute approximate surface area is 158 Å². The summed E-state index contributed by atoms with van der Waals surface area (Å²) in [5.74, 6) is -0.172. The summed E-state index contributed by atoms with van der Waals surface area (Å²) in [4.78, 5) is 40.9. The molecular weight excluding hydrogens is 348 g/mol. The van der Waals surface area contributed by atoms with Crippen LogP contribution in [0.3, 0.4) is 0 Å². The van der Waals surface area contributed by atoms with Gasteiger partial charge in [-0.05, 0) is 36.6 Å². The van der Waals surface area contributed by atoms with Crippen molar-refractivity contribution < 1.29 is 23.9 Å². The quantitative estimate of drug-likeness (QED) is 0.553. The lowest BCUT2D eigenvalue weighted by atomic mass is 10.0. The lowest BCUT2D eigenvalue weighted by molar-refractivity contribution is -0.161. The predicted octanol–water partition coefficient (Wildman–Crippen LogP) is 1.17. The third-order valence-corrected chi connectivity index (χ3v) is 5.34. The highest BCUT2D eigenvalue weighted by Gasteiger charge is 2.60. The predicted molar refractivity (Wildman–Crippen MR) is 98.1 cm³/mol. The van der Waals surface area contributed by atoms with Gasteiger partial charge in [0.25, 0.3) is 0 Å². The first-order valence-corrected chi connectivity index (χ1v) is 8.92. The van der Waals surface area contributed by atoms with E-state index in [2.05, 4.69) is 6.58 Å². The summed E-state index contributed by atoms with van der Waals surface area (Å²) in [5, 5.41) is 0. The van der Waals surface area contributed by atoms with E-state index in [-0.39, 0.29) is 18.4 Å². The second kappa shape index (κ2) is 7.42. The van der Waals surface area contributed by atoms with Crippen molar-refractivity contribution in [1.82, 2.24) is 9.80 Å². The van der Waals surface area contributed by atoms with Crippen molar-refractivity contribution in [2.24, 2.45) is 0 Å². The lowest BCUT2D eigenvalue weighted by Gasteiger charge is -2.43. The molecule has 7 nitrogen and oxygen atoms in total. The molecule has 1 aromatic carbocycles. The second-order valence-corrected chi connectivity index (χ2v) is 6.82. The van der Waals surface area contributed by atoms with Gasteiger partial charge in [0.05, 0.1) is 14.2 Å². The van der Waals surface area contributed by atoms with Gasteiger partial charge >= 0.3 is 5.97 Å². The van der Waals surface area contributed by atoms with Gasteiger partial charge in [-0.25, -0.2) is 4.79 Å². The number of benzene rings is 1. The van der Waals surface area contributed by atoms with E-state index in [1.807, 2.05) is 24.3 Å². The molecule has 2 amide bonds. The highest BCUT2D eigenvalue weighted by molar-refractivity contribution is 5.99. The lowest BCUT2D eigenvalue weighted by Crippen LogP contribution is -2.64. The Balaban J connectivity index is 1.83. The largest absolute Gasteiger partial charge is 0.497 e. The molecule has 1 heterocycles. The van der Waals surface area contributed by atoms with Crippen LogP contribution in [0.5, 0.6) is 5.75 Å². The molecule has 2 fully saturated rings. The fourth-order valence-corrected chi connectivity index (χ4v) is 3.68. The Morgan fingerprint density at radius 3 is 2.41 bits per heavy atom. The van der Waals surface area contributed by atoms with Crippen molar-refractivity contribution in [2.75, 3.05) is 27.3 Å². The van der Waals surface area contributed by atoms with Crippen molar-refractivity contribution >= 4 is 17.8 Å². The Morgan fingerprint density at radius 1 is 1.22 bits per heavy atom. The zero-order valence-corrected chi connectivity index (χ0v) is 15.6. The van der Waals surface area contributed by atoms with E-state index in [0.29, 0.717) is 25.8 Å². The number of piperazine rings is 1. The highest BCUT2D eigenvalue weighted by Crippen LogP contribution is 2.46. The standard InChI is InChI=1S/C20H24N2O5/c1-4-17(23)22-12-11-21(19(25)20(22)9-10-20)16(18(24)27-3)13-14-5-7-15(26-2)8-6-14/h4-8,16H,1,9-13H2,2-3H3/t16-/m0/s1. The van der Waals surface area contributed by atoms with Crippen LogP contribution < -0.4 is 4.74 Å². The Bertz CT molecular complexity index is 754. The molecule has 1 atom stereocenters. The van der Waals surface area contributed by atoms with E-state index in [9.17, 15) is 14.4 Å². The molecule has 1 aliphatic carbocycles. The molecule has 1 saturated heterocycles. The van der Waals surface area contributed by atoms with Gasteiger partial charge in [-0.1, -0.05) is 18.7 Å². The first-order valence-electron chi connectivity index (χ1n) is 8.92. The van der Waals surface area contributed by atoms with Crippen LogP contribution in [-0.4, -0.2) is 66.5 Å². The minimum absolute atomic E-state index is 0.187. The molecule has 27 heavy (non-hydrogen) atoms. The third-order valence-electron chi connectivity index (χ3n) is 5.34. The average Bonchev–Trinajstić information content (AvgIpc) is 3.49. The minimum atomic E-state index is -0.824. The van der Waals surface area contributed by atoms with Gasteiger partial charge in [-0.15, -0.1) is 0 Å². The fourth-order valence-electron chi connectivity index (χ4n) is 3.68. The van der Waals surface area contributed by atoms with Gasteiger partial charge in [-0.3, -0.25) is 9.59 Å². The van der Waals surface area contributed by atoms with Crippen LogP contribution in [0.1, 0.15) is 18.4 Å². The van der Waals surface area contributed by atoms with Crippen LogP contribution in [0.4, 0.5) is 0 Å². The molecule has 1 aliphatic heterocycles. The van der Waals surface area contributed by atoms with Crippen LogP contribution in [0.15, 0.2) is 36.9 Å². The molecule has 0 radical (unpaired) electrons. The maximum atomic E-state index is 13.2. The van der Waals surface area contributed by atoms with Crippen molar-refractivity contribution in [2.45, 2.75) is 30.8 Å². The highest BCUT2D eigenvalue weighted by atomic mass is 16.5. The molecule has 0 aromatic heterocycles. The summed E-state index contributed by atoms with van der Waals surface area (Å²) in [6.45, 7) is 4.19. The number of amides is 2. The Morgan fingerprint density at radius 2 is 1.89 bits per heavy atom. The fraction of sp³-hybridized carbons (Fsp3) is 0.450. The summed E-state index contributed by atoms with van der Waals surface area (Å²) in [7, 11) is 2.91. The third kappa shape index (κ3) is 3.41. The maximum absolute atomic E-state index is 13.2. The zero-order valence-electron chi connectivity index (χ0n) is 15.6. The van der Waals surface area contributed by atoms with Gasteiger partial charge in [0.15, 0.2) is 0 Å². The van der Waals surface area contributed by atoms with Crippen molar-refractivity contribution in [3.05, 3.63) is 42.5 Å². The van der Waals surface area contributed by atoms with Crippen molar-refractivity contribution in [3.63, 3.8) is 0 Å². The summed E-state index contributed by atoms with van der Waals surface area (Å²) in [5.41, 5.74) is 0.0730. The maximum Gasteiger partial charge on any atom is 0.328 e. The van der Waals surface area contributed by atoms with Crippen LogP contribution in [0.25, 0.3) is 0 Å². The molecule has 1 spiro atoms. The zero-order chi connectivity index (χ0) is 19.6. The number of methoxy groups -OCH3 is 2. The first kappa shape index (κ1) is 18.9. The summed E-state index contributed by atoms with van der Waals surface area (Å²) >= 11 is 0. The van der Waals surface area contributed by atoms with Crippen LogP contribution in [0.2, 0.25) is 0 Å². The molecule has 0 unspecified atom stereocenters. The van der Waals surface area contributed by atoms with Gasteiger partial charge in [0.2, 0.25) is 11.8 Å². The summed E-state index contributed by atoms with van der Waals surface area (Å²) in [6.07, 6.45) is 2.79. The molecule has 2 aliphatic rings. The number of esters is 1. The van der Waals surface area contributed by atoms with E-state index in [1.165, 1.54) is 13.2 Å². The molecule has 144 valence electrons. The molecular formula is C20H24N2O5. The van der Waals surface area contributed by atoms with Gasteiger partial charge in [0, 0.05) is 19.5 Å². The van der Waals surface area contributed by atoms with E-state index in [0.717, 1.165) is 11.3 Å². The Hall–Kier alpha value is -2.83. The van der Waals surface area contributed by atoms with Crippen LogP contribution in [-0.2, 0) is 25.5 Å².